The van der Waals surface area contributed by atoms with Crippen LogP contribution in [0.4, 0.5) is 5.69 Å². The lowest BCUT2D eigenvalue weighted by molar-refractivity contribution is -0.114. The van der Waals surface area contributed by atoms with Crippen molar-refractivity contribution >= 4 is 11.6 Å². The molecule has 0 fully saturated rings. The monoisotopic (exact) mass is 248 g/mol. The van der Waals surface area contributed by atoms with E-state index in [9.17, 15) is 4.79 Å². The Morgan fingerprint density at radius 1 is 1.28 bits per heavy atom. The number of nitrogens with one attached hydrogen (secondary N) is 2. The predicted octanol–water partition coefficient (Wildman–Crippen LogP) is 3.17. The normalized spacial score (nSPS) is 13.2. The van der Waals surface area contributed by atoms with Crippen molar-refractivity contribution in [2.24, 2.45) is 5.41 Å². The number of amides is 1. The van der Waals surface area contributed by atoms with Crippen LogP contribution in [0.3, 0.4) is 0 Å². The third-order valence-corrected chi connectivity index (χ3v) is 3.23. The van der Waals surface area contributed by atoms with Gasteiger partial charge in [-0.25, -0.2) is 0 Å². The summed E-state index contributed by atoms with van der Waals surface area (Å²) in [7, 11) is 0. The van der Waals surface area contributed by atoms with Crippen LogP contribution in [0.1, 0.15) is 40.2 Å². The molecule has 2 N–H and O–H groups in total. The Bertz CT molecular complexity index is 407. The Balaban J connectivity index is 2.70. The van der Waals surface area contributed by atoms with Gasteiger partial charge in [-0.2, -0.15) is 0 Å². The molecule has 3 nitrogen and oxygen atoms in total. The van der Waals surface area contributed by atoms with Gasteiger partial charge in [0.25, 0.3) is 0 Å². The van der Waals surface area contributed by atoms with Crippen LogP contribution >= 0.6 is 0 Å². The molecule has 18 heavy (non-hydrogen) atoms. The highest BCUT2D eigenvalue weighted by Crippen LogP contribution is 2.20. The molecular formula is C15H24N2O. The molecule has 1 aromatic carbocycles. The summed E-state index contributed by atoms with van der Waals surface area (Å²) >= 11 is 0. The van der Waals surface area contributed by atoms with Crippen LogP contribution in [0.15, 0.2) is 24.3 Å². The van der Waals surface area contributed by atoms with E-state index in [1.54, 1.807) is 0 Å². The van der Waals surface area contributed by atoms with E-state index < -0.39 is 0 Å². The van der Waals surface area contributed by atoms with Crippen molar-refractivity contribution in [3.8, 4) is 0 Å². The van der Waals surface area contributed by atoms with Crippen LogP contribution in [0.25, 0.3) is 0 Å². The fourth-order valence-electron chi connectivity index (χ4n) is 1.56. The molecule has 1 unspecified atom stereocenters. The van der Waals surface area contributed by atoms with Crippen LogP contribution in [-0.4, -0.2) is 11.9 Å². The Kier molecular flexibility index (Phi) is 4.91. The van der Waals surface area contributed by atoms with Gasteiger partial charge < -0.3 is 10.6 Å². The number of anilines is 1. The molecule has 0 spiro atoms. The van der Waals surface area contributed by atoms with Gasteiger partial charge >= 0.3 is 0 Å². The maximum Gasteiger partial charge on any atom is 0.221 e. The minimum atomic E-state index is -0.0358. The topological polar surface area (TPSA) is 41.1 Å². The molecule has 0 aliphatic rings. The smallest absolute Gasteiger partial charge is 0.221 e. The zero-order valence-electron chi connectivity index (χ0n) is 12.0. The Labute approximate surface area is 110 Å². The van der Waals surface area contributed by atoms with Crippen molar-refractivity contribution in [3.63, 3.8) is 0 Å². The van der Waals surface area contributed by atoms with Gasteiger partial charge in [-0.05, 0) is 24.0 Å². The zero-order chi connectivity index (χ0) is 13.8. The molecule has 3 heteroatoms. The summed E-state index contributed by atoms with van der Waals surface area (Å²) in [6, 6.07) is 8.29. The first kappa shape index (κ1) is 14.7. The van der Waals surface area contributed by atoms with Gasteiger partial charge in [0.2, 0.25) is 5.91 Å². The standard InChI is InChI=1S/C15H24N2O/c1-11(15(3,4)5)16-10-13-8-6-7-9-14(13)17-12(2)18/h6-9,11,16H,10H2,1-5H3,(H,17,18). The van der Waals surface area contributed by atoms with E-state index >= 15 is 0 Å². The van der Waals surface area contributed by atoms with E-state index in [0.717, 1.165) is 17.8 Å². The van der Waals surface area contributed by atoms with Gasteiger partial charge in [0.1, 0.15) is 0 Å². The Morgan fingerprint density at radius 3 is 2.44 bits per heavy atom. The van der Waals surface area contributed by atoms with E-state index in [1.165, 1.54) is 6.92 Å². The van der Waals surface area contributed by atoms with Crippen molar-refractivity contribution in [1.29, 1.82) is 0 Å². The van der Waals surface area contributed by atoms with E-state index in [4.69, 9.17) is 0 Å². The largest absolute Gasteiger partial charge is 0.326 e. The molecule has 0 aliphatic carbocycles. The maximum absolute atomic E-state index is 11.1. The lowest BCUT2D eigenvalue weighted by Crippen LogP contribution is -2.37. The lowest BCUT2D eigenvalue weighted by atomic mass is 9.88. The number of rotatable bonds is 4. The number of para-hydroxylation sites is 1. The third-order valence-electron chi connectivity index (χ3n) is 3.23. The summed E-state index contributed by atoms with van der Waals surface area (Å²) in [5.41, 5.74) is 2.23. The molecule has 0 aliphatic heterocycles. The second kappa shape index (κ2) is 6.01. The Morgan fingerprint density at radius 2 is 1.89 bits per heavy atom. The molecular weight excluding hydrogens is 224 g/mol. The van der Waals surface area contributed by atoms with Gasteiger partial charge in [-0.15, -0.1) is 0 Å². The SMILES string of the molecule is CC(=O)Nc1ccccc1CNC(C)C(C)(C)C. The van der Waals surface area contributed by atoms with Gasteiger partial charge in [0.05, 0.1) is 0 Å². The second-order valence-corrected chi connectivity index (χ2v) is 5.81. The predicted molar refractivity (Wildman–Crippen MR) is 76.5 cm³/mol. The summed E-state index contributed by atoms with van der Waals surface area (Å²) in [4.78, 5) is 11.1. The van der Waals surface area contributed by atoms with Crippen LogP contribution in [0.5, 0.6) is 0 Å². The average molecular weight is 248 g/mol. The fraction of sp³-hybridized carbons (Fsp3) is 0.533. The fourth-order valence-corrected chi connectivity index (χ4v) is 1.56. The first-order chi connectivity index (χ1) is 8.30. The van der Waals surface area contributed by atoms with Crippen LogP contribution in [0.2, 0.25) is 0 Å². The number of hydrogen-bond acceptors (Lipinski definition) is 2. The molecule has 0 saturated carbocycles. The molecule has 1 amide bonds. The number of carbonyl (C=O) groups is 1. The van der Waals surface area contributed by atoms with Crippen LogP contribution in [-0.2, 0) is 11.3 Å². The minimum absolute atomic E-state index is 0.0358. The highest BCUT2D eigenvalue weighted by molar-refractivity contribution is 5.89. The van der Waals surface area contributed by atoms with E-state index in [2.05, 4.69) is 38.3 Å². The molecule has 0 radical (unpaired) electrons. The highest BCUT2D eigenvalue weighted by atomic mass is 16.1. The molecule has 1 rings (SSSR count). The van der Waals surface area contributed by atoms with Crippen molar-refractivity contribution in [2.45, 2.75) is 47.2 Å². The first-order valence-electron chi connectivity index (χ1n) is 6.39. The van der Waals surface area contributed by atoms with Gasteiger partial charge in [0.15, 0.2) is 0 Å². The second-order valence-electron chi connectivity index (χ2n) is 5.81. The van der Waals surface area contributed by atoms with Gasteiger partial charge in [0, 0.05) is 25.2 Å². The molecule has 0 saturated heterocycles. The summed E-state index contributed by atoms with van der Waals surface area (Å²) < 4.78 is 0. The minimum Gasteiger partial charge on any atom is -0.326 e. The molecule has 1 aromatic rings. The summed E-state index contributed by atoms with van der Waals surface area (Å²) in [5, 5.41) is 6.36. The summed E-state index contributed by atoms with van der Waals surface area (Å²) in [5.74, 6) is -0.0358. The van der Waals surface area contributed by atoms with Crippen LogP contribution in [0, 0.1) is 5.41 Å². The Hall–Kier alpha value is -1.35. The summed E-state index contributed by atoms with van der Waals surface area (Å²) in [6.07, 6.45) is 0. The maximum atomic E-state index is 11.1. The molecule has 100 valence electrons. The van der Waals surface area contributed by atoms with Crippen molar-refractivity contribution in [3.05, 3.63) is 29.8 Å². The van der Waals surface area contributed by atoms with E-state index in [-0.39, 0.29) is 11.3 Å². The molecule has 0 heterocycles. The van der Waals surface area contributed by atoms with Crippen molar-refractivity contribution < 1.29 is 4.79 Å². The molecule has 0 aromatic heterocycles. The third kappa shape index (κ3) is 4.49. The van der Waals surface area contributed by atoms with Crippen molar-refractivity contribution in [1.82, 2.24) is 5.32 Å². The molecule has 1 atom stereocenters. The first-order valence-corrected chi connectivity index (χ1v) is 6.39. The number of benzene rings is 1. The van der Waals surface area contributed by atoms with Gasteiger partial charge in [-0.3, -0.25) is 4.79 Å². The zero-order valence-corrected chi connectivity index (χ0v) is 12.0. The highest BCUT2D eigenvalue weighted by Gasteiger charge is 2.19. The molecule has 0 bridgehead atoms. The lowest BCUT2D eigenvalue weighted by Gasteiger charge is -2.28. The van der Waals surface area contributed by atoms with E-state index in [0.29, 0.717) is 6.04 Å². The van der Waals surface area contributed by atoms with Gasteiger partial charge in [-0.1, -0.05) is 39.0 Å². The summed E-state index contributed by atoms with van der Waals surface area (Å²) in [6.45, 7) is 11.1. The van der Waals surface area contributed by atoms with Crippen LogP contribution < -0.4 is 10.6 Å². The quantitative estimate of drug-likeness (QED) is 0.859. The average Bonchev–Trinajstić information content (AvgIpc) is 2.25. The number of hydrogen-bond donors (Lipinski definition) is 2. The van der Waals surface area contributed by atoms with Crippen molar-refractivity contribution in [2.75, 3.05) is 5.32 Å². The number of carbonyl (C=O) groups excluding carboxylic acids is 1. The van der Waals surface area contributed by atoms with E-state index in [1.807, 2.05) is 24.3 Å².